The average Bonchev–Trinajstić information content (AvgIpc) is 2.88. The highest BCUT2D eigenvalue weighted by Crippen LogP contribution is 2.43. The Hall–Kier alpha value is -2.31. The van der Waals surface area contributed by atoms with Crippen LogP contribution in [-0.2, 0) is 19.4 Å². The predicted molar refractivity (Wildman–Crippen MR) is 108 cm³/mol. The number of esters is 1. The normalized spacial score (nSPS) is 19.7. The summed E-state index contributed by atoms with van der Waals surface area (Å²) in [7, 11) is -3.32. The van der Waals surface area contributed by atoms with Crippen molar-refractivity contribution >= 4 is 33.0 Å². The molecule has 1 aliphatic rings. The number of carbonyl (C=O) groups is 1. The molecule has 1 atom stereocenters. The number of carbonyl (C=O) groups excluding carboxylic acids is 1. The minimum absolute atomic E-state index is 0.0955. The summed E-state index contributed by atoms with van der Waals surface area (Å²) in [6, 6.07) is 11.5. The van der Waals surface area contributed by atoms with Crippen LogP contribution in [0.25, 0.3) is 5.57 Å². The van der Waals surface area contributed by atoms with Gasteiger partial charge in [0.2, 0.25) is 5.76 Å². The molecule has 0 aromatic heterocycles. The highest BCUT2D eigenvalue weighted by molar-refractivity contribution is 7.90. The lowest BCUT2D eigenvalue weighted by Gasteiger charge is -2.24. The Morgan fingerprint density at radius 3 is 2.32 bits per heavy atom. The second-order valence-corrected chi connectivity index (χ2v) is 9.41. The Bertz CT molecular complexity index is 1070. The highest BCUT2D eigenvalue weighted by Gasteiger charge is 2.45. The minimum atomic E-state index is -3.32. The number of ether oxygens (including phenoxy) is 2. The van der Waals surface area contributed by atoms with Gasteiger partial charge in [0.25, 0.3) is 0 Å². The summed E-state index contributed by atoms with van der Waals surface area (Å²) in [5, 5.41) is 0.602. The Kier molecular flexibility index (Phi) is 5.30. The first-order valence-electron chi connectivity index (χ1n) is 8.78. The molecule has 2 aromatic rings. The van der Waals surface area contributed by atoms with Crippen LogP contribution in [0.15, 0.2) is 53.1 Å². The van der Waals surface area contributed by atoms with E-state index in [9.17, 15) is 13.2 Å². The van der Waals surface area contributed by atoms with Gasteiger partial charge in [-0.2, -0.15) is 0 Å². The largest absolute Gasteiger partial charge is 0.449 e. The predicted octanol–water partition coefficient (Wildman–Crippen LogP) is 4.57. The molecule has 1 heterocycles. The lowest BCUT2D eigenvalue weighted by atomic mass is 9.88. The number of aryl methyl sites for hydroxylation is 1. The molecule has 2 aromatic carbocycles. The first-order valence-corrected chi connectivity index (χ1v) is 11.0. The number of hydrogen-bond donors (Lipinski definition) is 0. The van der Waals surface area contributed by atoms with Crippen LogP contribution in [0.1, 0.15) is 31.4 Å². The molecule has 0 spiro atoms. The molecule has 7 heteroatoms. The van der Waals surface area contributed by atoms with Crippen molar-refractivity contribution < 1.29 is 22.7 Å². The number of halogens is 1. The van der Waals surface area contributed by atoms with Gasteiger partial charge >= 0.3 is 5.97 Å². The molecule has 0 bridgehead atoms. The van der Waals surface area contributed by atoms with E-state index in [2.05, 4.69) is 0 Å². The van der Waals surface area contributed by atoms with E-state index in [0.717, 1.165) is 11.8 Å². The van der Waals surface area contributed by atoms with Crippen molar-refractivity contribution in [3.63, 3.8) is 0 Å². The van der Waals surface area contributed by atoms with Gasteiger partial charge in [0, 0.05) is 11.3 Å². The zero-order valence-corrected chi connectivity index (χ0v) is 17.6. The smallest absolute Gasteiger partial charge is 0.375 e. The van der Waals surface area contributed by atoms with Gasteiger partial charge in [0.15, 0.2) is 9.84 Å². The van der Waals surface area contributed by atoms with E-state index in [1.165, 1.54) is 12.1 Å². The second kappa shape index (κ2) is 7.26. The van der Waals surface area contributed by atoms with Gasteiger partial charge in [-0.3, -0.25) is 0 Å². The number of rotatable bonds is 5. The molecule has 0 fully saturated rings. The molecule has 148 valence electrons. The third kappa shape index (κ3) is 3.80. The van der Waals surface area contributed by atoms with Crippen molar-refractivity contribution in [1.82, 2.24) is 0 Å². The average molecular weight is 421 g/mol. The molecule has 1 aliphatic heterocycles. The molecule has 0 N–H and O–H groups in total. The molecule has 0 radical (unpaired) electrons. The maximum absolute atomic E-state index is 12.6. The van der Waals surface area contributed by atoms with E-state index >= 15 is 0 Å². The third-order valence-corrected chi connectivity index (χ3v) is 6.41. The summed E-state index contributed by atoms with van der Waals surface area (Å²) >= 11 is 6.06. The van der Waals surface area contributed by atoms with Crippen LogP contribution < -0.4 is 4.74 Å². The van der Waals surface area contributed by atoms with Crippen molar-refractivity contribution in [1.29, 1.82) is 0 Å². The summed E-state index contributed by atoms with van der Waals surface area (Å²) in [6.45, 7) is 5.57. The molecular weight excluding hydrogens is 400 g/mol. The van der Waals surface area contributed by atoms with Crippen LogP contribution in [0.4, 0.5) is 0 Å². The molecular formula is C21H21ClO5S. The van der Waals surface area contributed by atoms with Crippen molar-refractivity contribution in [3.05, 3.63) is 64.4 Å². The Morgan fingerprint density at radius 2 is 1.79 bits per heavy atom. The number of sulfone groups is 1. The molecule has 5 nitrogen and oxygen atoms in total. The van der Waals surface area contributed by atoms with Crippen LogP contribution in [0, 0.1) is 6.92 Å². The van der Waals surface area contributed by atoms with Crippen LogP contribution in [-0.4, -0.2) is 26.2 Å². The molecule has 0 aliphatic carbocycles. The molecule has 0 saturated carbocycles. The summed E-state index contributed by atoms with van der Waals surface area (Å²) in [5.41, 5.74) is 1.21. The first-order chi connectivity index (χ1) is 13.0. The minimum Gasteiger partial charge on any atom is -0.449 e. The van der Waals surface area contributed by atoms with Gasteiger partial charge in [0.1, 0.15) is 11.4 Å². The fourth-order valence-corrected chi connectivity index (χ4v) is 3.84. The summed E-state index contributed by atoms with van der Waals surface area (Å²) in [6.07, 6.45) is 1.69. The van der Waals surface area contributed by atoms with Gasteiger partial charge in [-0.1, -0.05) is 30.7 Å². The van der Waals surface area contributed by atoms with Crippen LogP contribution in [0.5, 0.6) is 5.75 Å². The standard InChI is InChI=1S/C21H21ClO5S/c1-5-21(3)18(14-6-9-16(10-7-14)28(4,24)25)19(20(23)27-21)26-15-8-11-17(22)13(2)12-15/h6-12H,5H2,1-4H3/t21-/m1/s1. The fraction of sp³-hybridized carbons (Fsp3) is 0.286. The highest BCUT2D eigenvalue weighted by atomic mass is 35.5. The van der Waals surface area contributed by atoms with Gasteiger partial charge in [-0.15, -0.1) is 0 Å². The van der Waals surface area contributed by atoms with Gasteiger partial charge in [-0.05, 0) is 61.7 Å². The summed E-state index contributed by atoms with van der Waals surface area (Å²) in [4.78, 5) is 12.8. The van der Waals surface area contributed by atoms with Crippen LogP contribution in [0.3, 0.4) is 0 Å². The number of benzene rings is 2. The van der Waals surface area contributed by atoms with E-state index in [0.29, 0.717) is 28.3 Å². The van der Waals surface area contributed by atoms with E-state index in [4.69, 9.17) is 21.1 Å². The van der Waals surface area contributed by atoms with Gasteiger partial charge < -0.3 is 9.47 Å². The van der Waals surface area contributed by atoms with E-state index < -0.39 is 21.4 Å². The quantitative estimate of drug-likeness (QED) is 0.663. The second-order valence-electron chi connectivity index (χ2n) is 6.99. The fourth-order valence-electron chi connectivity index (χ4n) is 3.09. The monoisotopic (exact) mass is 420 g/mol. The molecule has 3 rings (SSSR count). The lowest BCUT2D eigenvalue weighted by Crippen LogP contribution is -2.26. The maximum atomic E-state index is 12.6. The Labute approximate surface area is 169 Å². The zero-order chi connectivity index (χ0) is 20.7. The van der Waals surface area contributed by atoms with Gasteiger partial charge in [0.05, 0.1) is 10.5 Å². The molecule has 0 unspecified atom stereocenters. The SMILES string of the molecule is CC[C@@]1(C)OC(=O)C(Oc2ccc(Cl)c(C)c2)=C1c1ccc(S(C)(=O)=O)cc1. The Balaban J connectivity index is 2.12. The van der Waals surface area contributed by atoms with Crippen molar-refractivity contribution in [2.45, 2.75) is 37.7 Å². The summed E-state index contributed by atoms with van der Waals surface area (Å²) in [5.74, 6) is 0.0109. The number of hydrogen-bond acceptors (Lipinski definition) is 5. The third-order valence-electron chi connectivity index (χ3n) is 4.85. The Morgan fingerprint density at radius 1 is 1.14 bits per heavy atom. The molecule has 28 heavy (non-hydrogen) atoms. The topological polar surface area (TPSA) is 69.7 Å². The lowest BCUT2D eigenvalue weighted by molar-refractivity contribution is -0.147. The van der Waals surface area contributed by atoms with E-state index in [-0.39, 0.29) is 10.7 Å². The first kappa shape index (κ1) is 20.4. The van der Waals surface area contributed by atoms with Gasteiger partial charge in [-0.25, -0.2) is 13.2 Å². The van der Waals surface area contributed by atoms with Crippen molar-refractivity contribution in [3.8, 4) is 5.75 Å². The van der Waals surface area contributed by atoms with Crippen molar-refractivity contribution in [2.24, 2.45) is 0 Å². The van der Waals surface area contributed by atoms with Crippen LogP contribution >= 0.6 is 11.6 Å². The van der Waals surface area contributed by atoms with Crippen molar-refractivity contribution in [2.75, 3.05) is 6.26 Å². The zero-order valence-electron chi connectivity index (χ0n) is 16.1. The van der Waals surface area contributed by atoms with E-state index in [1.54, 1.807) is 30.3 Å². The number of cyclic esters (lactones) is 1. The van der Waals surface area contributed by atoms with E-state index in [1.807, 2.05) is 20.8 Å². The molecule has 0 amide bonds. The maximum Gasteiger partial charge on any atom is 0.375 e. The van der Waals surface area contributed by atoms with Crippen LogP contribution in [0.2, 0.25) is 5.02 Å². The molecule has 0 saturated heterocycles. The summed E-state index contributed by atoms with van der Waals surface area (Å²) < 4.78 is 35.0.